The summed E-state index contributed by atoms with van der Waals surface area (Å²) in [4.78, 5) is 24.4. The zero-order chi connectivity index (χ0) is 15.9. The number of thioether (sulfide) groups is 1. The summed E-state index contributed by atoms with van der Waals surface area (Å²) >= 11 is 1.28. The molecular formula is C16H14FNO3S. The summed E-state index contributed by atoms with van der Waals surface area (Å²) in [5.74, 6) is -0.935. The van der Waals surface area contributed by atoms with E-state index in [1.807, 2.05) is 0 Å². The molecule has 0 saturated heterocycles. The van der Waals surface area contributed by atoms with E-state index >= 15 is 0 Å². The summed E-state index contributed by atoms with van der Waals surface area (Å²) in [6, 6.07) is 12.5. The number of hydrogen-bond acceptors (Lipinski definition) is 4. The van der Waals surface area contributed by atoms with E-state index in [4.69, 9.17) is 0 Å². The van der Waals surface area contributed by atoms with Crippen LogP contribution in [-0.2, 0) is 9.53 Å². The van der Waals surface area contributed by atoms with E-state index in [-0.39, 0.29) is 17.5 Å². The van der Waals surface area contributed by atoms with E-state index in [0.717, 1.165) is 4.90 Å². The second kappa shape index (κ2) is 7.61. The third kappa shape index (κ3) is 4.33. The molecule has 0 aliphatic rings. The van der Waals surface area contributed by atoms with Gasteiger partial charge in [0.2, 0.25) is 5.91 Å². The Labute approximate surface area is 131 Å². The normalized spacial score (nSPS) is 10.1. The largest absolute Gasteiger partial charge is 0.465 e. The monoisotopic (exact) mass is 319 g/mol. The van der Waals surface area contributed by atoms with Crippen LogP contribution in [-0.4, -0.2) is 24.7 Å². The van der Waals surface area contributed by atoms with Crippen LogP contribution in [0, 0.1) is 5.82 Å². The number of hydrogen-bond donors (Lipinski definition) is 1. The highest BCUT2D eigenvalue weighted by atomic mass is 32.2. The second-order valence-corrected chi connectivity index (χ2v) is 5.38. The molecule has 0 aromatic heterocycles. The number of methoxy groups -OCH3 is 1. The molecule has 1 amide bonds. The molecule has 1 N–H and O–H groups in total. The number of anilines is 1. The Morgan fingerprint density at radius 3 is 2.50 bits per heavy atom. The van der Waals surface area contributed by atoms with E-state index in [1.165, 1.54) is 31.0 Å². The van der Waals surface area contributed by atoms with Crippen LogP contribution in [0.2, 0.25) is 0 Å². The highest BCUT2D eigenvalue weighted by molar-refractivity contribution is 8.00. The number of carbonyl (C=O) groups is 2. The van der Waals surface area contributed by atoms with Crippen LogP contribution in [0.1, 0.15) is 10.4 Å². The van der Waals surface area contributed by atoms with Crippen molar-refractivity contribution < 1.29 is 18.7 Å². The number of rotatable bonds is 5. The summed E-state index contributed by atoms with van der Waals surface area (Å²) in [6.07, 6.45) is 0. The Balaban J connectivity index is 1.97. The number of ether oxygens (including phenoxy) is 1. The molecule has 0 saturated carbocycles. The van der Waals surface area contributed by atoms with E-state index in [2.05, 4.69) is 10.1 Å². The molecule has 0 unspecified atom stereocenters. The Kier molecular flexibility index (Phi) is 5.55. The molecule has 0 spiro atoms. The number of esters is 1. The summed E-state index contributed by atoms with van der Waals surface area (Å²) in [5, 5.41) is 2.67. The molecular weight excluding hydrogens is 305 g/mol. The molecule has 114 valence electrons. The minimum atomic E-state index is -0.512. The van der Waals surface area contributed by atoms with Gasteiger partial charge in [0.15, 0.2) is 0 Å². The van der Waals surface area contributed by atoms with Crippen molar-refractivity contribution in [1.82, 2.24) is 0 Å². The Hall–Kier alpha value is -2.34. The molecule has 2 aromatic carbocycles. The number of amides is 1. The summed E-state index contributed by atoms with van der Waals surface area (Å²) < 4.78 is 17.5. The fourth-order valence-corrected chi connectivity index (χ4v) is 2.44. The number of para-hydroxylation sites is 1. The molecule has 2 rings (SSSR count). The highest BCUT2D eigenvalue weighted by Gasteiger charge is 2.13. The standard InChI is InChI=1S/C16H14FNO3S/c1-21-16(20)13-4-2-3-5-14(13)18-15(19)10-22-12-8-6-11(17)7-9-12/h2-9H,10H2,1H3,(H,18,19). The average Bonchev–Trinajstić information content (AvgIpc) is 2.54. The molecule has 0 radical (unpaired) electrons. The van der Waals surface area contributed by atoms with Crippen molar-refractivity contribution in [3.63, 3.8) is 0 Å². The van der Waals surface area contributed by atoms with Gasteiger partial charge in [-0.15, -0.1) is 11.8 Å². The van der Waals surface area contributed by atoms with Gasteiger partial charge in [-0.1, -0.05) is 12.1 Å². The zero-order valence-corrected chi connectivity index (χ0v) is 12.7. The predicted octanol–water partition coefficient (Wildman–Crippen LogP) is 3.34. The maximum Gasteiger partial charge on any atom is 0.339 e. The topological polar surface area (TPSA) is 55.4 Å². The fraction of sp³-hybridized carbons (Fsp3) is 0.125. The molecule has 0 heterocycles. The first kappa shape index (κ1) is 16.0. The first-order chi connectivity index (χ1) is 10.6. The predicted molar refractivity (Wildman–Crippen MR) is 83.5 cm³/mol. The van der Waals surface area contributed by atoms with E-state index < -0.39 is 5.97 Å². The van der Waals surface area contributed by atoms with Crippen molar-refractivity contribution in [2.24, 2.45) is 0 Å². The minimum Gasteiger partial charge on any atom is -0.465 e. The van der Waals surface area contributed by atoms with E-state index in [9.17, 15) is 14.0 Å². The minimum absolute atomic E-state index is 0.154. The van der Waals surface area contributed by atoms with Gasteiger partial charge in [-0.2, -0.15) is 0 Å². The first-order valence-corrected chi connectivity index (χ1v) is 7.44. The Bertz CT molecular complexity index is 673. The van der Waals surface area contributed by atoms with Crippen LogP contribution in [0.5, 0.6) is 0 Å². The van der Waals surface area contributed by atoms with Gasteiger partial charge in [0.1, 0.15) is 5.82 Å². The third-order valence-electron chi connectivity index (χ3n) is 2.79. The van der Waals surface area contributed by atoms with Crippen LogP contribution in [0.4, 0.5) is 10.1 Å². The lowest BCUT2D eigenvalue weighted by Gasteiger charge is -2.09. The lowest BCUT2D eigenvalue weighted by atomic mass is 10.2. The van der Waals surface area contributed by atoms with Crippen LogP contribution < -0.4 is 5.32 Å². The molecule has 0 aliphatic heterocycles. The van der Waals surface area contributed by atoms with Crippen LogP contribution in [0.25, 0.3) is 0 Å². The van der Waals surface area contributed by atoms with Gasteiger partial charge in [0, 0.05) is 4.90 Å². The molecule has 2 aromatic rings. The quantitative estimate of drug-likeness (QED) is 0.678. The van der Waals surface area contributed by atoms with Crippen molar-refractivity contribution in [2.75, 3.05) is 18.2 Å². The number of benzene rings is 2. The van der Waals surface area contributed by atoms with Crippen LogP contribution in [0.3, 0.4) is 0 Å². The SMILES string of the molecule is COC(=O)c1ccccc1NC(=O)CSc1ccc(F)cc1. The van der Waals surface area contributed by atoms with Crippen LogP contribution in [0.15, 0.2) is 53.4 Å². The van der Waals surface area contributed by atoms with Crippen molar-refractivity contribution >= 4 is 29.3 Å². The molecule has 0 bridgehead atoms. The van der Waals surface area contributed by atoms with Gasteiger partial charge in [-0.25, -0.2) is 9.18 Å². The third-order valence-corrected chi connectivity index (χ3v) is 3.80. The lowest BCUT2D eigenvalue weighted by Crippen LogP contribution is -2.17. The van der Waals surface area contributed by atoms with Gasteiger partial charge in [-0.3, -0.25) is 4.79 Å². The summed E-state index contributed by atoms with van der Waals surface area (Å²) in [6.45, 7) is 0. The molecule has 0 aliphatic carbocycles. The molecule has 22 heavy (non-hydrogen) atoms. The number of halogens is 1. The van der Waals surface area contributed by atoms with Crippen molar-refractivity contribution in [3.05, 3.63) is 59.9 Å². The van der Waals surface area contributed by atoms with Gasteiger partial charge < -0.3 is 10.1 Å². The maximum atomic E-state index is 12.8. The second-order valence-electron chi connectivity index (χ2n) is 4.33. The van der Waals surface area contributed by atoms with Crippen molar-refractivity contribution in [3.8, 4) is 0 Å². The van der Waals surface area contributed by atoms with Gasteiger partial charge in [-0.05, 0) is 36.4 Å². The molecule has 0 fully saturated rings. The smallest absolute Gasteiger partial charge is 0.339 e. The van der Waals surface area contributed by atoms with Gasteiger partial charge in [0.05, 0.1) is 24.1 Å². The number of nitrogens with one attached hydrogen (secondary N) is 1. The maximum absolute atomic E-state index is 12.8. The fourth-order valence-electron chi connectivity index (χ4n) is 1.75. The highest BCUT2D eigenvalue weighted by Crippen LogP contribution is 2.20. The van der Waals surface area contributed by atoms with Crippen molar-refractivity contribution in [2.45, 2.75) is 4.90 Å². The summed E-state index contributed by atoms with van der Waals surface area (Å²) in [5.41, 5.74) is 0.698. The van der Waals surface area contributed by atoms with Crippen LogP contribution >= 0.6 is 11.8 Å². The average molecular weight is 319 g/mol. The van der Waals surface area contributed by atoms with Gasteiger partial charge >= 0.3 is 5.97 Å². The Morgan fingerprint density at radius 1 is 1.14 bits per heavy atom. The van der Waals surface area contributed by atoms with Crippen molar-refractivity contribution in [1.29, 1.82) is 0 Å². The lowest BCUT2D eigenvalue weighted by molar-refractivity contribution is -0.113. The van der Waals surface area contributed by atoms with Gasteiger partial charge in [0.25, 0.3) is 0 Å². The van der Waals surface area contributed by atoms with E-state index in [0.29, 0.717) is 11.3 Å². The zero-order valence-electron chi connectivity index (χ0n) is 11.8. The molecule has 6 heteroatoms. The molecule has 0 atom stereocenters. The Morgan fingerprint density at radius 2 is 1.82 bits per heavy atom. The molecule has 4 nitrogen and oxygen atoms in total. The first-order valence-electron chi connectivity index (χ1n) is 6.45. The summed E-state index contributed by atoms with van der Waals surface area (Å²) in [7, 11) is 1.28. The van der Waals surface area contributed by atoms with E-state index in [1.54, 1.807) is 36.4 Å². The number of carbonyl (C=O) groups excluding carboxylic acids is 2.